The molecule has 1 saturated carbocycles. The zero-order valence-corrected chi connectivity index (χ0v) is 15.8. The zero-order valence-electron chi connectivity index (χ0n) is 15.8. The summed E-state index contributed by atoms with van der Waals surface area (Å²) < 4.78 is 0. The highest BCUT2D eigenvalue weighted by atomic mass is 16.6. The maximum absolute atomic E-state index is 12.6. The molecule has 0 heterocycles. The average molecular weight is 361 g/mol. The molecule has 0 bridgehead atoms. The summed E-state index contributed by atoms with van der Waals surface area (Å²) in [6, 6.07) is 4.86. The average Bonchev–Trinajstić information content (AvgIpc) is 2.90. The zero-order chi connectivity index (χ0) is 18.8. The van der Waals surface area contributed by atoms with E-state index in [0.717, 1.165) is 38.5 Å². The maximum atomic E-state index is 12.6. The van der Waals surface area contributed by atoms with E-state index in [-0.39, 0.29) is 11.6 Å². The molecule has 0 atom stereocenters. The molecule has 1 amide bonds. The van der Waals surface area contributed by atoms with Crippen LogP contribution in [0.4, 0.5) is 11.4 Å². The van der Waals surface area contributed by atoms with Gasteiger partial charge in [-0.05, 0) is 25.3 Å². The summed E-state index contributed by atoms with van der Waals surface area (Å²) in [4.78, 5) is 23.3. The molecule has 0 spiro atoms. The van der Waals surface area contributed by atoms with E-state index in [1.54, 1.807) is 6.07 Å². The number of carbonyl (C=O) groups excluding carboxylic acids is 1. The minimum atomic E-state index is -0.451. The highest BCUT2D eigenvalue weighted by molar-refractivity contribution is 6.00. The van der Waals surface area contributed by atoms with E-state index in [2.05, 4.69) is 17.6 Å². The first-order valence-electron chi connectivity index (χ1n) is 9.95. The molecule has 1 aromatic carbocycles. The lowest BCUT2D eigenvalue weighted by molar-refractivity contribution is -0.384. The molecular weight excluding hydrogens is 330 g/mol. The number of nitrogens with one attached hydrogen (secondary N) is 2. The van der Waals surface area contributed by atoms with Gasteiger partial charge in [0.1, 0.15) is 0 Å². The molecule has 2 rings (SSSR count). The van der Waals surface area contributed by atoms with Gasteiger partial charge in [-0.3, -0.25) is 14.9 Å². The van der Waals surface area contributed by atoms with Gasteiger partial charge >= 0.3 is 0 Å². The van der Waals surface area contributed by atoms with E-state index in [9.17, 15) is 14.9 Å². The summed E-state index contributed by atoms with van der Waals surface area (Å²) in [5, 5.41) is 17.5. The molecule has 0 radical (unpaired) electrons. The summed E-state index contributed by atoms with van der Waals surface area (Å²) in [7, 11) is 0. The van der Waals surface area contributed by atoms with Gasteiger partial charge < -0.3 is 10.6 Å². The van der Waals surface area contributed by atoms with Crippen LogP contribution in [0.5, 0.6) is 0 Å². The number of hydrogen-bond acceptors (Lipinski definition) is 4. The summed E-state index contributed by atoms with van der Waals surface area (Å²) >= 11 is 0. The van der Waals surface area contributed by atoms with Gasteiger partial charge in [0.2, 0.25) is 0 Å². The van der Waals surface area contributed by atoms with Gasteiger partial charge in [-0.15, -0.1) is 0 Å². The Morgan fingerprint density at radius 2 is 1.88 bits per heavy atom. The van der Waals surface area contributed by atoms with Gasteiger partial charge in [0.05, 0.1) is 10.5 Å². The molecule has 0 saturated heterocycles. The minimum absolute atomic E-state index is 0.0486. The number of unbranched alkanes of at least 4 members (excludes halogenated alkanes) is 3. The normalized spacial score (nSPS) is 15.3. The minimum Gasteiger partial charge on any atom is -0.382 e. The Bertz CT molecular complexity index is 596. The Kier molecular flexibility index (Phi) is 8.38. The van der Waals surface area contributed by atoms with Crippen LogP contribution in [-0.4, -0.2) is 23.4 Å². The molecular formula is C20H31N3O3. The van der Waals surface area contributed by atoms with E-state index >= 15 is 0 Å². The second-order valence-corrected chi connectivity index (χ2v) is 7.14. The quantitative estimate of drug-likeness (QED) is 0.279. The highest BCUT2D eigenvalue weighted by Crippen LogP contribution is 2.26. The monoisotopic (exact) mass is 361 g/mol. The number of rotatable bonds is 9. The van der Waals surface area contributed by atoms with Gasteiger partial charge in [0.25, 0.3) is 11.6 Å². The topological polar surface area (TPSA) is 84.3 Å². The standard InChI is InChI=1S/C20H31N3O3/c1-2-3-4-9-14-21-20(24)18-15-17(23(25)26)12-13-19(18)22-16-10-7-5-6-8-11-16/h12-13,15-16,22H,2-11,14H2,1H3,(H,21,24). The van der Waals surface area contributed by atoms with Crippen LogP contribution in [0.2, 0.25) is 0 Å². The molecule has 1 aromatic rings. The Labute approximate surface area is 155 Å². The fourth-order valence-electron chi connectivity index (χ4n) is 3.45. The Hall–Kier alpha value is -2.11. The predicted octanol–water partition coefficient (Wildman–Crippen LogP) is 5.04. The van der Waals surface area contributed by atoms with Crippen molar-refractivity contribution in [3.63, 3.8) is 0 Å². The van der Waals surface area contributed by atoms with Crippen LogP contribution in [0.1, 0.15) is 81.5 Å². The third-order valence-corrected chi connectivity index (χ3v) is 4.99. The molecule has 1 fully saturated rings. The number of hydrogen-bond donors (Lipinski definition) is 2. The Balaban J connectivity index is 2.08. The SMILES string of the molecule is CCCCCCNC(=O)c1cc([N+](=O)[O-])ccc1NC1CCCCCC1. The highest BCUT2D eigenvalue weighted by Gasteiger charge is 2.19. The molecule has 1 aliphatic rings. The van der Waals surface area contributed by atoms with Gasteiger partial charge in [-0.2, -0.15) is 0 Å². The summed E-state index contributed by atoms with van der Waals surface area (Å²) in [5.41, 5.74) is 1.03. The van der Waals surface area contributed by atoms with Crippen LogP contribution < -0.4 is 10.6 Å². The van der Waals surface area contributed by atoms with Crippen molar-refractivity contribution in [1.82, 2.24) is 5.32 Å². The predicted molar refractivity (Wildman–Crippen MR) is 105 cm³/mol. The van der Waals surface area contributed by atoms with Gasteiger partial charge in [0.15, 0.2) is 0 Å². The van der Waals surface area contributed by atoms with Crippen molar-refractivity contribution in [3.8, 4) is 0 Å². The first-order chi connectivity index (χ1) is 12.6. The number of benzene rings is 1. The van der Waals surface area contributed by atoms with Crippen LogP contribution in [0.25, 0.3) is 0 Å². The summed E-state index contributed by atoms with van der Waals surface area (Å²) in [6.07, 6.45) is 11.3. The number of nitrogens with zero attached hydrogens (tertiary/aromatic N) is 1. The molecule has 0 aromatic heterocycles. The second-order valence-electron chi connectivity index (χ2n) is 7.14. The third kappa shape index (κ3) is 6.32. The number of carbonyl (C=O) groups is 1. The lowest BCUT2D eigenvalue weighted by atomic mass is 10.1. The van der Waals surface area contributed by atoms with E-state index in [4.69, 9.17) is 0 Å². The molecule has 6 nitrogen and oxygen atoms in total. The van der Waals surface area contributed by atoms with Crippen LogP contribution in [0.3, 0.4) is 0 Å². The van der Waals surface area contributed by atoms with Crippen molar-refractivity contribution >= 4 is 17.3 Å². The molecule has 0 aliphatic heterocycles. The van der Waals surface area contributed by atoms with Gasteiger partial charge in [-0.1, -0.05) is 51.9 Å². The van der Waals surface area contributed by atoms with Gasteiger partial charge in [-0.25, -0.2) is 0 Å². The molecule has 2 N–H and O–H groups in total. The number of nitro benzene ring substituents is 1. The molecule has 6 heteroatoms. The van der Waals surface area contributed by atoms with E-state index in [1.807, 2.05) is 0 Å². The number of nitro groups is 1. The van der Waals surface area contributed by atoms with Crippen molar-refractivity contribution in [1.29, 1.82) is 0 Å². The van der Waals surface area contributed by atoms with Crippen LogP contribution in [0, 0.1) is 10.1 Å². The van der Waals surface area contributed by atoms with Crippen molar-refractivity contribution in [3.05, 3.63) is 33.9 Å². The summed E-state index contributed by atoms with van der Waals surface area (Å²) in [6.45, 7) is 2.75. The molecule has 1 aliphatic carbocycles. The van der Waals surface area contributed by atoms with Crippen molar-refractivity contribution in [2.24, 2.45) is 0 Å². The van der Waals surface area contributed by atoms with Gasteiger partial charge in [0, 0.05) is 30.4 Å². The lowest BCUT2D eigenvalue weighted by Gasteiger charge is -2.20. The van der Waals surface area contributed by atoms with E-state index in [1.165, 1.54) is 37.8 Å². The van der Waals surface area contributed by atoms with Crippen LogP contribution >= 0.6 is 0 Å². The van der Waals surface area contributed by atoms with Crippen LogP contribution in [0.15, 0.2) is 18.2 Å². The van der Waals surface area contributed by atoms with Crippen molar-refractivity contribution in [2.45, 2.75) is 77.2 Å². The number of non-ortho nitro benzene ring substituents is 1. The first kappa shape index (κ1) is 20.2. The first-order valence-corrected chi connectivity index (χ1v) is 9.95. The lowest BCUT2D eigenvalue weighted by Crippen LogP contribution is -2.27. The Morgan fingerprint density at radius 1 is 1.15 bits per heavy atom. The van der Waals surface area contributed by atoms with Crippen molar-refractivity contribution in [2.75, 3.05) is 11.9 Å². The maximum Gasteiger partial charge on any atom is 0.270 e. The largest absolute Gasteiger partial charge is 0.382 e. The molecule has 26 heavy (non-hydrogen) atoms. The molecule has 144 valence electrons. The third-order valence-electron chi connectivity index (χ3n) is 4.99. The van der Waals surface area contributed by atoms with E-state index < -0.39 is 4.92 Å². The number of amides is 1. The Morgan fingerprint density at radius 3 is 2.54 bits per heavy atom. The fraction of sp³-hybridized carbons (Fsp3) is 0.650. The summed E-state index contributed by atoms with van der Waals surface area (Å²) in [5.74, 6) is -0.235. The smallest absolute Gasteiger partial charge is 0.270 e. The number of anilines is 1. The van der Waals surface area contributed by atoms with Crippen molar-refractivity contribution < 1.29 is 9.72 Å². The van der Waals surface area contributed by atoms with Crippen LogP contribution in [-0.2, 0) is 0 Å². The molecule has 0 unspecified atom stereocenters. The second kappa shape index (κ2) is 10.8. The fourth-order valence-corrected chi connectivity index (χ4v) is 3.45. The van der Waals surface area contributed by atoms with E-state index in [0.29, 0.717) is 23.8 Å².